The van der Waals surface area contributed by atoms with Crippen LogP contribution in [0.2, 0.25) is 0 Å². The third-order valence-electron chi connectivity index (χ3n) is 2.21. The first-order valence-electron chi connectivity index (χ1n) is 5.86. The Hall–Kier alpha value is -1.23. The van der Waals surface area contributed by atoms with Crippen LogP contribution in [0, 0.1) is 5.92 Å². The van der Waals surface area contributed by atoms with E-state index in [0.29, 0.717) is 12.5 Å². The quantitative estimate of drug-likeness (QED) is 0.847. The van der Waals surface area contributed by atoms with Gasteiger partial charge in [0.05, 0.1) is 0 Å². The van der Waals surface area contributed by atoms with E-state index in [1.54, 1.807) is 24.3 Å². The SMILES string of the molecule is CC(C)CNCc1ccc(OCC(F)(F)F)cc1. The minimum Gasteiger partial charge on any atom is -0.484 e. The average molecular weight is 261 g/mol. The number of hydrogen-bond acceptors (Lipinski definition) is 2. The highest BCUT2D eigenvalue weighted by Gasteiger charge is 2.28. The molecule has 1 N–H and O–H groups in total. The maximum atomic E-state index is 11.9. The Morgan fingerprint density at radius 1 is 1.17 bits per heavy atom. The molecule has 1 rings (SSSR count). The molecule has 0 heterocycles. The van der Waals surface area contributed by atoms with Crippen molar-refractivity contribution in [3.63, 3.8) is 0 Å². The molecule has 1 aromatic carbocycles. The van der Waals surface area contributed by atoms with Crippen LogP contribution >= 0.6 is 0 Å². The van der Waals surface area contributed by atoms with E-state index in [-0.39, 0.29) is 5.75 Å². The zero-order valence-electron chi connectivity index (χ0n) is 10.6. The first-order valence-corrected chi connectivity index (χ1v) is 5.86. The molecule has 0 radical (unpaired) electrons. The summed E-state index contributed by atoms with van der Waals surface area (Å²) in [5.74, 6) is 0.805. The predicted octanol–water partition coefficient (Wildman–Crippen LogP) is 3.37. The van der Waals surface area contributed by atoms with E-state index in [1.165, 1.54) is 0 Å². The normalized spacial score (nSPS) is 11.9. The molecule has 0 atom stereocenters. The minimum absolute atomic E-state index is 0.236. The van der Waals surface area contributed by atoms with Gasteiger partial charge in [-0.25, -0.2) is 0 Å². The number of hydrogen-bond donors (Lipinski definition) is 1. The highest BCUT2D eigenvalue weighted by molar-refractivity contribution is 5.27. The van der Waals surface area contributed by atoms with Crippen molar-refractivity contribution in [2.45, 2.75) is 26.6 Å². The van der Waals surface area contributed by atoms with Crippen LogP contribution in [-0.2, 0) is 6.54 Å². The number of halogens is 3. The van der Waals surface area contributed by atoms with Gasteiger partial charge < -0.3 is 10.1 Å². The van der Waals surface area contributed by atoms with E-state index in [2.05, 4.69) is 23.9 Å². The summed E-state index contributed by atoms with van der Waals surface area (Å²) in [7, 11) is 0. The second-order valence-electron chi connectivity index (χ2n) is 4.57. The molecule has 0 aliphatic heterocycles. The van der Waals surface area contributed by atoms with Gasteiger partial charge in [0.15, 0.2) is 6.61 Å². The topological polar surface area (TPSA) is 21.3 Å². The van der Waals surface area contributed by atoms with E-state index in [9.17, 15) is 13.2 Å². The van der Waals surface area contributed by atoms with Crippen molar-refractivity contribution in [3.8, 4) is 5.75 Å². The third kappa shape index (κ3) is 6.49. The Kier molecular flexibility index (Phi) is 5.47. The fourth-order valence-electron chi connectivity index (χ4n) is 1.37. The second-order valence-corrected chi connectivity index (χ2v) is 4.57. The van der Waals surface area contributed by atoms with Crippen molar-refractivity contribution in [1.29, 1.82) is 0 Å². The largest absolute Gasteiger partial charge is 0.484 e. The zero-order valence-corrected chi connectivity index (χ0v) is 10.6. The molecule has 0 bridgehead atoms. The summed E-state index contributed by atoms with van der Waals surface area (Å²) in [6.07, 6.45) is -4.29. The fraction of sp³-hybridized carbons (Fsp3) is 0.538. The van der Waals surface area contributed by atoms with Gasteiger partial charge >= 0.3 is 6.18 Å². The standard InChI is InChI=1S/C13H18F3NO/c1-10(2)7-17-8-11-3-5-12(6-4-11)18-9-13(14,15)16/h3-6,10,17H,7-9H2,1-2H3. The summed E-state index contributed by atoms with van der Waals surface area (Å²) in [4.78, 5) is 0. The maximum Gasteiger partial charge on any atom is 0.422 e. The Morgan fingerprint density at radius 3 is 2.28 bits per heavy atom. The summed E-state index contributed by atoms with van der Waals surface area (Å²) < 4.78 is 40.4. The molecule has 0 saturated heterocycles. The average Bonchev–Trinajstić information content (AvgIpc) is 2.26. The van der Waals surface area contributed by atoms with Gasteiger partial charge in [-0.15, -0.1) is 0 Å². The second kappa shape index (κ2) is 6.64. The molecule has 0 amide bonds. The van der Waals surface area contributed by atoms with Crippen LogP contribution in [0.5, 0.6) is 5.75 Å². The van der Waals surface area contributed by atoms with Crippen LogP contribution in [-0.4, -0.2) is 19.3 Å². The summed E-state index contributed by atoms with van der Waals surface area (Å²) in [6.45, 7) is 4.59. The summed E-state index contributed by atoms with van der Waals surface area (Å²) >= 11 is 0. The number of rotatable bonds is 6. The number of ether oxygens (including phenoxy) is 1. The van der Waals surface area contributed by atoms with E-state index in [4.69, 9.17) is 0 Å². The highest BCUT2D eigenvalue weighted by atomic mass is 19.4. The number of alkyl halides is 3. The molecule has 0 unspecified atom stereocenters. The molecule has 1 aromatic rings. The van der Waals surface area contributed by atoms with Crippen molar-refractivity contribution in [2.24, 2.45) is 5.92 Å². The van der Waals surface area contributed by atoms with Crippen molar-refractivity contribution in [2.75, 3.05) is 13.2 Å². The van der Waals surface area contributed by atoms with Gasteiger partial charge in [0.2, 0.25) is 0 Å². The Balaban J connectivity index is 2.38. The molecule has 0 aliphatic carbocycles. The van der Waals surface area contributed by atoms with Crippen molar-refractivity contribution < 1.29 is 17.9 Å². The van der Waals surface area contributed by atoms with Gasteiger partial charge in [0.1, 0.15) is 5.75 Å². The number of benzene rings is 1. The van der Waals surface area contributed by atoms with Gasteiger partial charge in [-0.3, -0.25) is 0 Å². The van der Waals surface area contributed by atoms with Gasteiger partial charge in [0.25, 0.3) is 0 Å². The molecule has 5 heteroatoms. The van der Waals surface area contributed by atoms with Gasteiger partial charge in [0, 0.05) is 6.54 Å². The fourth-order valence-corrected chi connectivity index (χ4v) is 1.37. The summed E-state index contributed by atoms with van der Waals surface area (Å²) in [5, 5.41) is 3.26. The zero-order chi connectivity index (χ0) is 13.6. The first kappa shape index (κ1) is 14.8. The van der Waals surface area contributed by atoms with Crippen LogP contribution in [0.1, 0.15) is 19.4 Å². The highest BCUT2D eigenvalue weighted by Crippen LogP contribution is 2.18. The van der Waals surface area contributed by atoms with Gasteiger partial charge in [-0.05, 0) is 30.2 Å². The molecule has 18 heavy (non-hydrogen) atoms. The number of nitrogens with one attached hydrogen (secondary N) is 1. The minimum atomic E-state index is -4.29. The first-order chi connectivity index (χ1) is 8.37. The van der Waals surface area contributed by atoms with Crippen molar-refractivity contribution in [3.05, 3.63) is 29.8 Å². The molecule has 102 valence electrons. The van der Waals surface area contributed by atoms with Gasteiger partial charge in [-0.2, -0.15) is 13.2 Å². The molecular formula is C13H18F3NO. The van der Waals surface area contributed by atoms with Gasteiger partial charge in [-0.1, -0.05) is 26.0 Å². The van der Waals surface area contributed by atoms with Crippen LogP contribution < -0.4 is 10.1 Å². The maximum absolute atomic E-state index is 11.9. The molecule has 0 aliphatic rings. The van der Waals surface area contributed by atoms with E-state index < -0.39 is 12.8 Å². The lowest BCUT2D eigenvalue weighted by Gasteiger charge is -2.10. The Morgan fingerprint density at radius 2 is 1.78 bits per heavy atom. The lowest BCUT2D eigenvalue weighted by molar-refractivity contribution is -0.153. The van der Waals surface area contributed by atoms with E-state index >= 15 is 0 Å². The van der Waals surface area contributed by atoms with Crippen LogP contribution in [0.3, 0.4) is 0 Å². The van der Waals surface area contributed by atoms with Crippen molar-refractivity contribution >= 4 is 0 Å². The summed E-state index contributed by atoms with van der Waals surface area (Å²) in [6, 6.07) is 6.63. The molecule has 0 fully saturated rings. The smallest absolute Gasteiger partial charge is 0.422 e. The predicted molar refractivity (Wildman–Crippen MR) is 64.5 cm³/mol. The van der Waals surface area contributed by atoms with Crippen LogP contribution in [0.15, 0.2) is 24.3 Å². The molecule has 0 spiro atoms. The molecule has 2 nitrogen and oxygen atoms in total. The molecule has 0 saturated carbocycles. The monoisotopic (exact) mass is 261 g/mol. The molecular weight excluding hydrogens is 243 g/mol. The molecule has 0 aromatic heterocycles. The Labute approximate surface area is 105 Å². The van der Waals surface area contributed by atoms with Crippen LogP contribution in [0.4, 0.5) is 13.2 Å². The third-order valence-corrected chi connectivity index (χ3v) is 2.21. The van der Waals surface area contributed by atoms with E-state index in [0.717, 1.165) is 12.1 Å². The van der Waals surface area contributed by atoms with Crippen LogP contribution in [0.25, 0.3) is 0 Å². The lowest BCUT2D eigenvalue weighted by Crippen LogP contribution is -2.19. The lowest BCUT2D eigenvalue weighted by atomic mass is 10.2. The summed E-state index contributed by atoms with van der Waals surface area (Å²) in [5.41, 5.74) is 1.02. The Bertz CT molecular complexity index is 346. The van der Waals surface area contributed by atoms with E-state index in [1.807, 2.05) is 0 Å². The van der Waals surface area contributed by atoms with Crippen molar-refractivity contribution in [1.82, 2.24) is 5.32 Å².